The van der Waals surface area contributed by atoms with Crippen LogP contribution in [0.3, 0.4) is 0 Å². The van der Waals surface area contributed by atoms with Crippen LogP contribution in [-0.2, 0) is 9.47 Å². The van der Waals surface area contributed by atoms with Gasteiger partial charge in [-0.05, 0) is 82.6 Å². The van der Waals surface area contributed by atoms with Crippen LogP contribution in [0.4, 0.5) is 0 Å². The van der Waals surface area contributed by atoms with Crippen molar-refractivity contribution in [1.29, 1.82) is 0 Å². The van der Waals surface area contributed by atoms with Crippen LogP contribution < -0.4 is 0 Å². The number of allylic oxidation sites excluding steroid dienone is 2. The van der Waals surface area contributed by atoms with Crippen molar-refractivity contribution < 1.29 is 9.47 Å². The molecular formula is C19H34O2S2. The van der Waals surface area contributed by atoms with E-state index < -0.39 is 0 Å². The van der Waals surface area contributed by atoms with Gasteiger partial charge in [0.25, 0.3) is 0 Å². The molecule has 2 rings (SSSR count). The fraction of sp³-hybridized carbons (Fsp3) is 0.895. The Kier molecular flexibility index (Phi) is 10.1. The summed E-state index contributed by atoms with van der Waals surface area (Å²) in [5, 5.41) is 0. The fourth-order valence-corrected chi connectivity index (χ4v) is 6.73. The minimum atomic E-state index is 0.0805. The van der Waals surface area contributed by atoms with Gasteiger partial charge in [-0.25, -0.2) is 0 Å². The molecule has 2 aliphatic rings. The van der Waals surface area contributed by atoms with E-state index in [0.29, 0.717) is 4.08 Å². The summed E-state index contributed by atoms with van der Waals surface area (Å²) >= 11 is 4.46. The smallest absolute Gasteiger partial charge is 0.157 e. The van der Waals surface area contributed by atoms with Crippen molar-refractivity contribution in [2.45, 2.75) is 81.5 Å². The van der Waals surface area contributed by atoms with Crippen LogP contribution in [0, 0.1) is 0 Å². The summed E-state index contributed by atoms with van der Waals surface area (Å²) in [6.45, 7) is 3.87. The Morgan fingerprint density at radius 2 is 1.91 bits per heavy atom. The zero-order chi connectivity index (χ0) is 16.2. The number of hydrogen-bond donors (Lipinski definition) is 0. The third kappa shape index (κ3) is 7.85. The lowest BCUT2D eigenvalue weighted by Gasteiger charge is -2.36. The van der Waals surface area contributed by atoms with Crippen molar-refractivity contribution in [2.24, 2.45) is 0 Å². The molecule has 0 saturated carbocycles. The first-order valence-electron chi connectivity index (χ1n) is 9.47. The predicted molar refractivity (Wildman–Crippen MR) is 104 cm³/mol. The average molecular weight is 359 g/mol. The molecule has 2 saturated heterocycles. The zero-order valence-corrected chi connectivity index (χ0v) is 16.4. The van der Waals surface area contributed by atoms with Crippen LogP contribution in [0.15, 0.2) is 12.2 Å². The van der Waals surface area contributed by atoms with Gasteiger partial charge < -0.3 is 9.47 Å². The van der Waals surface area contributed by atoms with Crippen LogP contribution in [0.25, 0.3) is 0 Å². The highest BCUT2D eigenvalue weighted by molar-refractivity contribution is 8.18. The molecular weight excluding hydrogens is 324 g/mol. The normalized spacial score (nSPS) is 25.0. The molecule has 0 aliphatic carbocycles. The Bertz CT molecular complexity index is 321. The summed E-state index contributed by atoms with van der Waals surface area (Å²) in [4.78, 5) is 0. The SMILES string of the molecule is C/C=C/CCCC1(CCCCOC2CCCCO2)SCCCS1. The first kappa shape index (κ1) is 19.7. The van der Waals surface area contributed by atoms with E-state index in [2.05, 4.69) is 42.6 Å². The Labute approximate surface area is 151 Å². The van der Waals surface area contributed by atoms with Crippen LogP contribution in [0.2, 0.25) is 0 Å². The second-order valence-electron chi connectivity index (χ2n) is 6.55. The van der Waals surface area contributed by atoms with E-state index in [1.54, 1.807) is 0 Å². The lowest BCUT2D eigenvalue weighted by Crippen LogP contribution is -2.26. The summed E-state index contributed by atoms with van der Waals surface area (Å²) in [5.74, 6) is 2.70. The highest BCUT2D eigenvalue weighted by Crippen LogP contribution is 2.49. The van der Waals surface area contributed by atoms with Crippen LogP contribution in [0.5, 0.6) is 0 Å². The molecule has 2 nitrogen and oxygen atoms in total. The van der Waals surface area contributed by atoms with Gasteiger partial charge in [-0.15, -0.1) is 23.5 Å². The van der Waals surface area contributed by atoms with Gasteiger partial charge in [0.2, 0.25) is 0 Å². The van der Waals surface area contributed by atoms with Crippen molar-refractivity contribution in [1.82, 2.24) is 0 Å². The average Bonchev–Trinajstić information content (AvgIpc) is 2.60. The number of unbranched alkanes of at least 4 members (excludes halogenated alkanes) is 2. The van der Waals surface area contributed by atoms with Gasteiger partial charge in [-0.3, -0.25) is 0 Å². The van der Waals surface area contributed by atoms with Crippen molar-refractivity contribution in [3.63, 3.8) is 0 Å². The monoisotopic (exact) mass is 358 g/mol. The maximum absolute atomic E-state index is 5.87. The van der Waals surface area contributed by atoms with Crippen LogP contribution in [0.1, 0.15) is 71.1 Å². The van der Waals surface area contributed by atoms with E-state index in [-0.39, 0.29) is 6.29 Å². The summed E-state index contributed by atoms with van der Waals surface area (Å²) in [7, 11) is 0. The lowest BCUT2D eigenvalue weighted by molar-refractivity contribution is -0.162. The summed E-state index contributed by atoms with van der Waals surface area (Å²) in [5.41, 5.74) is 0. The van der Waals surface area contributed by atoms with E-state index in [1.807, 2.05) is 0 Å². The van der Waals surface area contributed by atoms with Gasteiger partial charge in [0.05, 0.1) is 4.08 Å². The topological polar surface area (TPSA) is 18.5 Å². The van der Waals surface area contributed by atoms with E-state index in [9.17, 15) is 0 Å². The molecule has 2 aliphatic heterocycles. The molecule has 0 aromatic carbocycles. The molecule has 1 atom stereocenters. The van der Waals surface area contributed by atoms with Crippen LogP contribution >= 0.6 is 23.5 Å². The van der Waals surface area contributed by atoms with Gasteiger partial charge in [-0.1, -0.05) is 12.2 Å². The van der Waals surface area contributed by atoms with E-state index >= 15 is 0 Å². The summed E-state index contributed by atoms with van der Waals surface area (Å²) in [6.07, 6.45) is 17.2. The second kappa shape index (κ2) is 11.8. The van der Waals surface area contributed by atoms with Gasteiger partial charge in [0, 0.05) is 13.2 Å². The Balaban J connectivity index is 1.62. The number of hydrogen-bond acceptors (Lipinski definition) is 4. The third-order valence-corrected chi connectivity index (χ3v) is 8.14. The molecule has 0 N–H and O–H groups in total. The van der Waals surface area contributed by atoms with E-state index in [0.717, 1.165) is 19.6 Å². The minimum absolute atomic E-state index is 0.0805. The first-order valence-corrected chi connectivity index (χ1v) is 11.4. The van der Waals surface area contributed by atoms with Crippen LogP contribution in [-0.4, -0.2) is 35.1 Å². The number of ether oxygens (including phenoxy) is 2. The molecule has 0 radical (unpaired) electrons. The Hall–Kier alpha value is 0.360. The summed E-state index contributed by atoms with van der Waals surface area (Å²) in [6, 6.07) is 0. The largest absolute Gasteiger partial charge is 0.353 e. The quantitative estimate of drug-likeness (QED) is 0.351. The van der Waals surface area contributed by atoms with Crippen molar-refractivity contribution in [2.75, 3.05) is 24.7 Å². The molecule has 1 unspecified atom stereocenters. The molecule has 0 aromatic rings. The predicted octanol–water partition coefficient (Wildman–Crippen LogP) is 6.01. The highest BCUT2D eigenvalue weighted by Gasteiger charge is 2.32. The fourth-order valence-electron chi connectivity index (χ4n) is 3.24. The molecule has 0 amide bonds. The zero-order valence-electron chi connectivity index (χ0n) is 14.8. The Morgan fingerprint density at radius 3 is 2.65 bits per heavy atom. The maximum atomic E-state index is 5.87. The molecule has 0 bridgehead atoms. The van der Waals surface area contributed by atoms with E-state index in [1.165, 1.54) is 69.3 Å². The molecule has 23 heavy (non-hydrogen) atoms. The maximum Gasteiger partial charge on any atom is 0.157 e. The van der Waals surface area contributed by atoms with Gasteiger partial charge in [0.15, 0.2) is 6.29 Å². The van der Waals surface area contributed by atoms with Gasteiger partial charge >= 0.3 is 0 Å². The number of rotatable bonds is 10. The molecule has 134 valence electrons. The minimum Gasteiger partial charge on any atom is -0.353 e. The molecule has 2 fully saturated rings. The Morgan fingerprint density at radius 1 is 1.09 bits per heavy atom. The van der Waals surface area contributed by atoms with Gasteiger partial charge in [0.1, 0.15) is 0 Å². The summed E-state index contributed by atoms with van der Waals surface area (Å²) < 4.78 is 12.0. The van der Waals surface area contributed by atoms with E-state index in [4.69, 9.17) is 9.47 Å². The molecule has 2 heterocycles. The standard InChI is InChI=1S/C19H34O2S2/c1-2-3-4-6-12-19(22-16-10-17-23-19)13-7-9-15-21-18-11-5-8-14-20-18/h2-3,18H,4-17H2,1H3/b3-2+. The molecule has 4 heteroatoms. The first-order chi connectivity index (χ1) is 11.3. The lowest BCUT2D eigenvalue weighted by atomic mass is 10.1. The van der Waals surface area contributed by atoms with Crippen molar-refractivity contribution >= 4 is 23.5 Å². The van der Waals surface area contributed by atoms with Crippen molar-refractivity contribution in [3.8, 4) is 0 Å². The molecule has 0 spiro atoms. The molecule has 0 aromatic heterocycles. The van der Waals surface area contributed by atoms with Gasteiger partial charge in [-0.2, -0.15) is 0 Å². The third-order valence-electron chi connectivity index (χ3n) is 4.58. The highest BCUT2D eigenvalue weighted by atomic mass is 32.2. The number of thioether (sulfide) groups is 2. The van der Waals surface area contributed by atoms with Crippen molar-refractivity contribution in [3.05, 3.63) is 12.2 Å². The second-order valence-corrected chi connectivity index (χ2v) is 9.76.